The van der Waals surface area contributed by atoms with E-state index in [0.29, 0.717) is 5.56 Å². The molecule has 0 aliphatic heterocycles. The second kappa shape index (κ2) is 7.52. The Hall–Kier alpha value is -2.46. The van der Waals surface area contributed by atoms with Gasteiger partial charge in [-0.25, -0.2) is 23.8 Å². The zero-order valence-electron chi connectivity index (χ0n) is 12.0. The highest BCUT2D eigenvalue weighted by Gasteiger charge is 2.12. The number of hydrogen-bond donors (Lipinski definition) is 3. The van der Waals surface area contributed by atoms with E-state index in [1.165, 1.54) is 31.2 Å². The van der Waals surface area contributed by atoms with Crippen molar-refractivity contribution in [2.24, 2.45) is 15.4 Å². The van der Waals surface area contributed by atoms with Crippen LogP contribution >= 0.6 is 0 Å². The summed E-state index contributed by atoms with van der Waals surface area (Å²) in [5.74, 6) is 0. The van der Waals surface area contributed by atoms with E-state index in [9.17, 15) is 13.2 Å². The summed E-state index contributed by atoms with van der Waals surface area (Å²) in [6, 6.07) is 5.33. The second-order valence-electron chi connectivity index (χ2n) is 4.05. The lowest BCUT2D eigenvalue weighted by molar-refractivity contribution is 0.152. The molecule has 1 aromatic rings. The first-order valence-corrected chi connectivity index (χ1v) is 7.67. The van der Waals surface area contributed by atoms with Crippen LogP contribution in [0.1, 0.15) is 19.4 Å². The third-order valence-corrected chi connectivity index (χ3v) is 3.42. The van der Waals surface area contributed by atoms with E-state index in [1.807, 2.05) is 0 Å². The van der Waals surface area contributed by atoms with Crippen LogP contribution in [0.2, 0.25) is 0 Å². The van der Waals surface area contributed by atoms with Gasteiger partial charge in [0, 0.05) is 5.56 Å². The lowest BCUT2D eigenvalue weighted by Gasteiger charge is -2.06. The number of amides is 1. The first-order valence-electron chi connectivity index (χ1n) is 6.12. The molecule has 0 aliphatic carbocycles. The molecule has 0 radical (unpaired) electrons. The predicted molar refractivity (Wildman–Crippen MR) is 79.4 cm³/mol. The van der Waals surface area contributed by atoms with Gasteiger partial charge in [0.15, 0.2) is 0 Å². The number of hydrazone groups is 1. The first-order chi connectivity index (χ1) is 10.3. The average Bonchev–Trinajstić information content (AvgIpc) is 2.46. The molecule has 22 heavy (non-hydrogen) atoms. The van der Waals surface area contributed by atoms with Crippen molar-refractivity contribution in [2.75, 3.05) is 6.61 Å². The highest BCUT2D eigenvalue weighted by Crippen LogP contribution is 2.10. The van der Waals surface area contributed by atoms with Crippen molar-refractivity contribution in [3.63, 3.8) is 0 Å². The number of rotatable bonds is 5. The van der Waals surface area contributed by atoms with Crippen LogP contribution in [-0.2, 0) is 14.8 Å². The Morgan fingerprint density at radius 2 is 1.95 bits per heavy atom. The van der Waals surface area contributed by atoms with Gasteiger partial charge in [0.2, 0.25) is 10.0 Å². The van der Waals surface area contributed by atoms with Crippen molar-refractivity contribution < 1.29 is 23.2 Å². The maximum absolute atomic E-state index is 11.2. The van der Waals surface area contributed by atoms with Gasteiger partial charge in [-0.15, -0.1) is 0 Å². The van der Waals surface area contributed by atoms with Crippen molar-refractivity contribution in [3.8, 4) is 0 Å². The highest BCUT2D eigenvalue weighted by molar-refractivity contribution is 7.89. The van der Waals surface area contributed by atoms with E-state index < -0.39 is 16.1 Å². The summed E-state index contributed by atoms with van der Waals surface area (Å²) in [7, 11) is -3.81. The molecule has 1 rings (SSSR count). The summed E-state index contributed by atoms with van der Waals surface area (Å²) in [5, 5.41) is 20.9. The van der Waals surface area contributed by atoms with Crippen molar-refractivity contribution in [2.45, 2.75) is 18.7 Å². The van der Waals surface area contributed by atoms with Crippen molar-refractivity contribution in [1.82, 2.24) is 5.43 Å². The number of nitrogens with one attached hydrogen (secondary N) is 1. The minimum atomic E-state index is -3.81. The Morgan fingerprint density at radius 3 is 2.41 bits per heavy atom. The van der Waals surface area contributed by atoms with E-state index in [-0.39, 0.29) is 22.9 Å². The van der Waals surface area contributed by atoms with Crippen molar-refractivity contribution >= 4 is 27.5 Å². The topological polar surface area (TPSA) is 143 Å². The molecule has 1 aromatic carbocycles. The van der Waals surface area contributed by atoms with Crippen LogP contribution in [0.5, 0.6) is 0 Å². The van der Waals surface area contributed by atoms with Crippen LogP contribution in [0.25, 0.3) is 0 Å². The number of hydrogen-bond acceptors (Lipinski definition) is 7. The van der Waals surface area contributed by atoms with Crippen LogP contribution < -0.4 is 10.6 Å². The van der Waals surface area contributed by atoms with Gasteiger partial charge in [0.25, 0.3) is 0 Å². The molecule has 0 spiro atoms. The fourth-order valence-corrected chi connectivity index (χ4v) is 2.00. The number of carbonyl (C=O) groups excluding carboxylic acids is 1. The standard InChI is InChI=1S/C12H16N4O5S/c1-3-21-12(17)15-14-8(2)11(16-18)9-4-6-10(7-5-9)22(13,19)20/h4-7,18H,3H2,1-2H3,(H,15,17)(H2,13,19,20)/b14-8-,16-11-. The summed E-state index contributed by atoms with van der Waals surface area (Å²) < 4.78 is 27.0. The summed E-state index contributed by atoms with van der Waals surface area (Å²) >= 11 is 0. The summed E-state index contributed by atoms with van der Waals surface area (Å²) in [4.78, 5) is 11.1. The average molecular weight is 328 g/mol. The van der Waals surface area contributed by atoms with Gasteiger partial charge in [-0.1, -0.05) is 17.3 Å². The molecule has 0 bridgehead atoms. The van der Waals surface area contributed by atoms with Gasteiger partial charge in [0.05, 0.1) is 17.2 Å². The van der Waals surface area contributed by atoms with Crippen LogP contribution in [0, 0.1) is 0 Å². The Balaban J connectivity index is 2.97. The predicted octanol–water partition coefficient (Wildman–Crippen LogP) is 0.634. The summed E-state index contributed by atoms with van der Waals surface area (Å²) in [6.45, 7) is 3.33. The van der Waals surface area contributed by atoms with Gasteiger partial charge in [-0.05, 0) is 26.0 Å². The Morgan fingerprint density at radius 1 is 1.36 bits per heavy atom. The van der Waals surface area contributed by atoms with Crippen LogP contribution in [0.15, 0.2) is 39.4 Å². The zero-order chi connectivity index (χ0) is 16.8. The largest absolute Gasteiger partial charge is 0.449 e. The first kappa shape index (κ1) is 17.6. The molecule has 0 atom stereocenters. The Labute approximate surface area is 127 Å². The third kappa shape index (κ3) is 4.82. The molecule has 0 unspecified atom stereocenters. The number of benzene rings is 1. The zero-order valence-corrected chi connectivity index (χ0v) is 12.8. The molecular formula is C12H16N4O5S. The monoisotopic (exact) mass is 328 g/mol. The number of primary sulfonamides is 1. The van der Waals surface area contributed by atoms with E-state index in [0.717, 1.165) is 0 Å². The molecule has 0 fully saturated rings. The number of carbonyl (C=O) groups is 1. The molecular weight excluding hydrogens is 312 g/mol. The molecule has 1 amide bonds. The Bertz CT molecular complexity index is 695. The summed E-state index contributed by atoms with van der Waals surface area (Å²) in [5.41, 5.74) is 2.76. The molecule has 0 heterocycles. The molecule has 4 N–H and O–H groups in total. The number of ether oxygens (including phenoxy) is 1. The molecule has 9 nitrogen and oxygen atoms in total. The van der Waals surface area contributed by atoms with Gasteiger partial charge in [-0.2, -0.15) is 5.10 Å². The Kier molecular flexibility index (Phi) is 6.01. The fraction of sp³-hybridized carbons (Fsp3) is 0.250. The van der Waals surface area contributed by atoms with Crippen LogP contribution in [0.3, 0.4) is 0 Å². The second-order valence-corrected chi connectivity index (χ2v) is 5.61. The molecule has 0 aliphatic rings. The van der Waals surface area contributed by atoms with E-state index in [4.69, 9.17) is 10.3 Å². The molecule has 0 saturated carbocycles. The van der Waals surface area contributed by atoms with Crippen molar-refractivity contribution in [1.29, 1.82) is 0 Å². The lowest BCUT2D eigenvalue weighted by Crippen LogP contribution is -2.23. The normalized spacial score (nSPS) is 12.9. The maximum Gasteiger partial charge on any atom is 0.427 e. The third-order valence-electron chi connectivity index (χ3n) is 2.49. The number of oxime groups is 1. The summed E-state index contributed by atoms with van der Waals surface area (Å²) in [6.07, 6.45) is -0.747. The lowest BCUT2D eigenvalue weighted by atomic mass is 10.1. The molecule has 10 heteroatoms. The number of nitrogens with zero attached hydrogens (tertiary/aromatic N) is 2. The van der Waals surface area contributed by atoms with E-state index in [1.54, 1.807) is 6.92 Å². The van der Waals surface area contributed by atoms with Crippen LogP contribution in [-0.4, -0.2) is 37.7 Å². The van der Waals surface area contributed by atoms with Gasteiger partial charge >= 0.3 is 6.09 Å². The number of sulfonamides is 1. The van der Waals surface area contributed by atoms with Crippen molar-refractivity contribution in [3.05, 3.63) is 29.8 Å². The van der Waals surface area contributed by atoms with Gasteiger partial charge in [-0.3, -0.25) is 0 Å². The van der Waals surface area contributed by atoms with Gasteiger partial charge < -0.3 is 9.94 Å². The maximum atomic E-state index is 11.2. The van der Waals surface area contributed by atoms with E-state index in [2.05, 4.69) is 20.4 Å². The molecule has 0 aromatic heterocycles. The quantitative estimate of drug-likeness (QED) is 0.412. The van der Waals surface area contributed by atoms with E-state index >= 15 is 0 Å². The highest BCUT2D eigenvalue weighted by atomic mass is 32.2. The SMILES string of the molecule is CCOC(=O)N/N=C(C)\C(=N\O)c1ccc(S(N)(=O)=O)cc1. The number of nitrogens with two attached hydrogens (primary N) is 1. The smallest absolute Gasteiger partial charge is 0.427 e. The van der Waals surface area contributed by atoms with Crippen LogP contribution in [0.4, 0.5) is 4.79 Å². The molecule has 0 saturated heterocycles. The fourth-order valence-electron chi connectivity index (χ4n) is 1.49. The minimum absolute atomic E-state index is 0.0535. The minimum Gasteiger partial charge on any atom is -0.449 e. The molecule has 120 valence electrons. The van der Waals surface area contributed by atoms with Gasteiger partial charge in [0.1, 0.15) is 5.71 Å².